The van der Waals surface area contributed by atoms with Gasteiger partial charge in [0.05, 0.1) is 11.1 Å². The third kappa shape index (κ3) is 2.14. The molecule has 19 heavy (non-hydrogen) atoms. The lowest BCUT2D eigenvalue weighted by Crippen LogP contribution is -2.68. The smallest absolute Gasteiger partial charge is 0.257 e. The fourth-order valence-electron chi connectivity index (χ4n) is 2.00. The van der Waals surface area contributed by atoms with Crippen LogP contribution in [-0.2, 0) is 0 Å². The monoisotopic (exact) mass is 274 g/mol. The molecule has 1 aliphatic rings. The average molecular weight is 274 g/mol. The molecular weight excluding hydrogens is 261 g/mol. The zero-order chi connectivity index (χ0) is 14.4. The Morgan fingerprint density at radius 3 is 2.53 bits per heavy atom. The SMILES string of the molecule is CCC1(N)CN(C(=O)c2cc(F)c(F)c(O)c2F)C1. The molecule has 2 rings (SSSR count). The Morgan fingerprint density at radius 1 is 1.42 bits per heavy atom. The second-order valence-electron chi connectivity index (χ2n) is 4.76. The lowest BCUT2D eigenvalue weighted by atomic mass is 9.87. The van der Waals surface area contributed by atoms with Crippen molar-refractivity contribution in [3.8, 4) is 5.75 Å². The number of benzene rings is 1. The number of aromatic hydroxyl groups is 1. The first-order valence-corrected chi connectivity index (χ1v) is 5.73. The van der Waals surface area contributed by atoms with Gasteiger partial charge in [-0.1, -0.05) is 6.92 Å². The van der Waals surface area contributed by atoms with Gasteiger partial charge in [-0.15, -0.1) is 0 Å². The normalized spacial score (nSPS) is 17.2. The summed E-state index contributed by atoms with van der Waals surface area (Å²) in [5.74, 6) is -6.95. The van der Waals surface area contributed by atoms with Crippen LogP contribution >= 0.6 is 0 Å². The first-order chi connectivity index (χ1) is 8.79. The number of halogens is 3. The summed E-state index contributed by atoms with van der Waals surface area (Å²) >= 11 is 0. The van der Waals surface area contributed by atoms with E-state index in [1.807, 2.05) is 6.92 Å². The van der Waals surface area contributed by atoms with Crippen LogP contribution in [-0.4, -0.2) is 34.5 Å². The number of rotatable bonds is 2. The number of phenolic OH excluding ortho intramolecular Hbond substituents is 1. The first-order valence-electron chi connectivity index (χ1n) is 5.73. The number of phenols is 1. The fourth-order valence-corrected chi connectivity index (χ4v) is 2.00. The Hall–Kier alpha value is -1.76. The molecule has 1 aliphatic heterocycles. The number of hydrogen-bond donors (Lipinski definition) is 2. The molecule has 0 bridgehead atoms. The van der Waals surface area contributed by atoms with Gasteiger partial charge >= 0.3 is 0 Å². The summed E-state index contributed by atoms with van der Waals surface area (Å²) in [6, 6.07) is 0.440. The van der Waals surface area contributed by atoms with Gasteiger partial charge in [0.2, 0.25) is 5.82 Å². The molecule has 7 heteroatoms. The summed E-state index contributed by atoms with van der Waals surface area (Å²) in [7, 11) is 0. The van der Waals surface area contributed by atoms with Gasteiger partial charge in [0.1, 0.15) is 0 Å². The molecule has 1 aromatic carbocycles. The lowest BCUT2D eigenvalue weighted by molar-refractivity contribution is 0.0395. The Labute approximate surface area is 107 Å². The van der Waals surface area contributed by atoms with Gasteiger partial charge in [0, 0.05) is 13.1 Å². The minimum Gasteiger partial charge on any atom is -0.503 e. The summed E-state index contributed by atoms with van der Waals surface area (Å²) in [5, 5.41) is 9.05. The fraction of sp³-hybridized carbons (Fsp3) is 0.417. The van der Waals surface area contributed by atoms with Crippen molar-refractivity contribution in [3.63, 3.8) is 0 Å². The summed E-state index contributed by atoms with van der Waals surface area (Å²) in [4.78, 5) is 13.1. The van der Waals surface area contributed by atoms with Crippen LogP contribution in [0.4, 0.5) is 13.2 Å². The highest BCUT2D eigenvalue weighted by Gasteiger charge is 2.41. The zero-order valence-electron chi connectivity index (χ0n) is 10.2. The maximum absolute atomic E-state index is 13.6. The van der Waals surface area contributed by atoms with E-state index < -0.39 is 40.2 Å². The van der Waals surface area contributed by atoms with E-state index in [4.69, 9.17) is 10.8 Å². The van der Waals surface area contributed by atoms with Crippen molar-refractivity contribution in [1.82, 2.24) is 4.90 Å². The van der Waals surface area contributed by atoms with Gasteiger partial charge in [-0.2, -0.15) is 4.39 Å². The Kier molecular flexibility index (Phi) is 3.17. The third-order valence-corrected chi connectivity index (χ3v) is 3.37. The lowest BCUT2D eigenvalue weighted by Gasteiger charge is -2.47. The van der Waals surface area contributed by atoms with Gasteiger partial charge in [0.25, 0.3) is 5.91 Å². The summed E-state index contributed by atoms with van der Waals surface area (Å²) in [5.41, 5.74) is 4.64. The van der Waals surface area contributed by atoms with Crippen molar-refractivity contribution in [2.24, 2.45) is 5.73 Å². The maximum atomic E-state index is 13.6. The molecule has 1 fully saturated rings. The van der Waals surface area contributed by atoms with E-state index in [0.29, 0.717) is 12.5 Å². The molecule has 0 saturated carbocycles. The quantitative estimate of drug-likeness (QED) is 0.800. The third-order valence-electron chi connectivity index (χ3n) is 3.37. The highest BCUT2D eigenvalue weighted by atomic mass is 19.2. The van der Waals surface area contributed by atoms with Crippen LogP contribution in [0.15, 0.2) is 6.07 Å². The van der Waals surface area contributed by atoms with E-state index in [2.05, 4.69) is 0 Å². The minimum atomic E-state index is -1.71. The van der Waals surface area contributed by atoms with Gasteiger partial charge in [-0.25, -0.2) is 8.78 Å². The predicted octanol–water partition coefficient (Wildman–Crippen LogP) is 1.37. The van der Waals surface area contributed by atoms with E-state index in [9.17, 15) is 18.0 Å². The van der Waals surface area contributed by atoms with E-state index in [-0.39, 0.29) is 13.1 Å². The predicted molar refractivity (Wildman–Crippen MR) is 61.1 cm³/mol. The molecule has 1 aromatic rings. The summed E-state index contributed by atoms with van der Waals surface area (Å²) in [6.45, 7) is 2.27. The topological polar surface area (TPSA) is 66.6 Å². The van der Waals surface area contributed by atoms with Crippen LogP contribution in [0.3, 0.4) is 0 Å². The molecule has 0 aliphatic carbocycles. The van der Waals surface area contributed by atoms with E-state index in [1.54, 1.807) is 0 Å². The summed E-state index contributed by atoms with van der Waals surface area (Å²) in [6.07, 6.45) is 0.641. The number of hydrogen-bond acceptors (Lipinski definition) is 3. The Bertz CT molecular complexity index is 542. The van der Waals surface area contributed by atoms with Crippen LogP contribution in [0.25, 0.3) is 0 Å². The van der Waals surface area contributed by atoms with Crippen LogP contribution in [0.2, 0.25) is 0 Å². The van der Waals surface area contributed by atoms with Crippen LogP contribution in [0.5, 0.6) is 5.75 Å². The molecule has 3 N–H and O–H groups in total. The maximum Gasteiger partial charge on any atom is 0.257 e. The molecule has 0 spiro atoms. The van der Waals surface area contributed by atoms with Crippen molar-refractivity contribution < 1.29 is 23.1 Å². The van der Waals surface area contributed by atoms with Gasteiger partial charge in [-0.3, -0.25) is 4.79 Å². The number of carbonyl (C=O) groups excluding carboxylic acids is 1. The largest absolute Gasteiger partial charge is 0.503 e. The average Bonchev–Trinajstić information content (AvgIpc) is 2.36. The Balaban J connectivity index is 2.27. The highest BCUT2D eigenvalue weighted by molar-refractivity contribution is 5.95. The van der Waals surface area contributed by atoms with Gasteiger partial charge in [0.15, 0.2) is 17.4 Å². The van der Waals surface area contributed by atoms with E-state index in [1.165, 1.54) is 4.90 Å². The number of amides is 1. The van der Waals surface area contributed by atoms with Gasteiger partial charge < -0.3 is 15.7 Å². The molecular formula is C12H13F3N2O2. The number of carbonyl (C=O) groups is 1. The highest BCUT2D eigenvalue weighted by Crippen LogP contribution is 2.29. The van der Waals surface area contributed by atoms with Crippen LogP contribution in [0, 0.1) is 17.5 Å². The van der Waals surface area contributed by atoms with Gasteiger partial charge in [-0.05, 0) is 12.5 Å². The molecule has 1 saturated heterocycles. The van der Waals surface area contributed by atoms with E-state index >= 15 is 0 Å². The van der Waals surface area contributed by atoms with Crippen molar-refractivity contribution in [1.29, 1.82) is 0 Å². The standard InChI is InChI=1S/C12H13F3N2O2/c1-2-12(16)4-17(5-12)11(19)6-3-7(13)9(15)10(18)8(6)14/h3,18H,2,4-5,16H2,1H3. The number of nitrogens with zero attached hydrogens (tertiary/aromatic N) is 1. The van der Waals surface area contributed by atoms with Crippen molar-refractivity contribution in [3.05, 3.63) is 29.1 Å². The molecule has 0 unspecified atom stereocenters. The van der Waals surface area contributed by atoms with E-state index in [0.717, 1.165) is 0 Å². The van der Waals surface area contributed by atoms with Crippen LogP contribution in [0.1, 0.15) is 23.7 Å². The molecule has 0 aromatic heterocycles. The molecule has 1 heterocycles. The number of nitrogens with two attached hydrogens (primary N) is 1. The number of likely N-dealkylation sites (tertiary alicyclic amines) is 1. The molecule has 4 nitrogen and oxygen atoms in total. The molecule has 104 valence electrons. The van der Waals surface area contributed by atoms with Crippen molar-refractivity contribution in [2.75, 3.05) is 13.1 Å². The zero-order valence-corrected chi connectivity index (χ0v) is 10.2. The second kappa shape index (κ2) is 4.41. The van der Waals surface area contributed by atoms with Crippen LogP contribution < -0.4 is 5.73 Å². The molecule has 0 radical (unpaired) electrons. The summed E-state index contributed by atoms with van der Waals surface area (Å²) < 4.78 is 39.5. The van der Waals surface area contributed by atoms with Crippen molar-refractivity contribution >= 4 is 5.91 Å². The molecule has 1 amide bonds. The minimum absolute atomic E-state index is 0.210. The second-order valence-corrected chi connectivity index (χ2v) is 4.76. The molecule has 0 atom stereocenters. The Morgan fingerprint density at radius 2 is 2.00 bits per heavy atom. The van der Waals surface area contributed by atoms with Crippen molar-refractivity contribution in [2.45, 2.75) is 18.9 Å². The first kappa shape index (κ1) is 13.7.